The van der Waals surface area contributed by atoms with Gasteiger partial charge in [0.2, 0.25) is 5.95 Å². The van der Waals surface area contributed by atoms with Crippen LogP contribution in [0.1, 0.15) is 18.4 Å². The molecule has 3 heterocycles. The van der Waals surface area contributed by atoms with Crippen molar-refractivity contribution in [2.45, 2.75) is 19.8 Å². The van der Waals surface area contributed by atoms with Crippen molar-refractivity contribution in [2.75, 3.05) is 54.5 Å². The number of benzene rings is 1. The lowest BCUT2D eigenvalue weighted by Gasteiger charge is -2.32. The monoisotopic (exact) mass is 397 g/mol. The summed E-state index contributed by atoms with van der Waals surface area (Å²) in [6.07, 6.45) is 3.10. The van der Waals surface area contributed by atoms with E-state index in [4.69, 9.17) is 9.72 Å². The van der Waals surface area contributed by atoms with Crippen molar-refractivity contribution in [3.63, 3.8) is 0 Å². The Morgan fingerprint density at radius 3 is 2.45 bits per heavy atom. The van der Waals surface area contributed by atoms with Gasteiger partial charge < -0.3 is 25.0 Å². The van der Waals surface area contributed by atoms with Gasteiger partial charge in [0.25, 0.3) is 0 Å². The third-order valence-corrected chi connectivity index (χ3v) is 5.59. The van der Waals surface area contributed by atoms with Crippen LogP contribution in [0.25, 0.3) is 0 Å². The van der Waals surface area contributed by atoms with Gasteiger partial charge in [0.1, 0.15) is 5.82 Å². The first-order valence-corrected chi connectivity index (χ1v) is 10.1. The maximum atomic E-state index is 11.2. The Hall–Kier alpha value is -2.87. The number of rotatable bonds is 5. The predicted octanol–water partition coefficient (Wildman–Crippen LogP) is 2.67. The van der Waals surface area contributed by atoms with Gasteiger partial charge in [-0.3, -0.25) is 4.79 Å². The van der Waals surface area contributed by atoms with Gasteiger partial charge in [0.15, 0.2) is 0 Å². The largest absolute Gasteiger partial charge is 0.481 e. The molecule has 0 atom stereocenters. The number of carboxylic acid groups (broad SMARTS) is 1. The van der Waals surface area contributed by atoms with Crippen LogP contribution in [0.15, 0.2) is 30.5 Å². The molecule has 8 nitrogen and oxygen atoms in total. The fourth-order valence-corrected chi connectivity index (χ4v) is 3.86. The Morgan fingerprint density at radius 2 is 1.79 bits per heavy atom. The van der Waals surface area contributed by atoms with E-state index in [0.717, 1.165) is 43.4 Å². The van der Waals surface area contributed by atoms with Gasteiger partial charge in [-0.1, -0.05) is 0 Å². The fourth-order valence-electron chi connectivity index (χ4n) is 3.86. The maximum absolute atomic E-state index is 11.2. The quantitative estimate of drug-likeness (QED) is 0.796. The molecule has 0 unspecified atom stereocenters. The minimum absolute atomic E-state index is 0.254. The van der Waals surface area contributed by atoms with Crippen LogP contribution in [-0.4, -0.2) is 60.4 Å². The summed E-state index contributed by atoms with van der Waals surface area (Å²) in [5.41, 5.74) is 3.11. The maximum Gasteiger partial charge on any atom is 0.306 e. The molecule has 0 bridgehead atoms. The number of nitrogens with one attached hydrogen (secondary N) is 1. The molecule has 0 radical (unpaired) electrons. The van der Waals surface area contributed by atoms with Crippen LogP contribution < -0.4 is 15.1 Å². The lowest BCUT2D eigenvalue weighted by atomic mass is 9.97. The number of nitrogens with zero attached hydrogens (tertiary/aromatic N) is 4. The number of ether oxygens (including phenoxy) is 1. The molecule has 0 spiro atoms. The van der Waals surface area contributed by atoms with Crippen molar-refractivity contribution in [1.29, 1.82) is 0 Å². The third kappa shape index (κ3) is 4.59. The Balaban J connectivity index is 1.43. The standard InChI is InChI=1S/C21H27N5O3/c1-15-14-22-21(24-19(15)26-8-6-16(7-9-26)20(27)28)23-17-2-4-18(5-3-17)25-10-12-29-13-11-25/h2-5,14,16H,6-13H2,1H3,(H,27,28)(H,22,23,24). The van der Waals surface area contributed by atoms with Gasteiger partial charge in [-0.2, -0.15) is 4.98 Å². The van der Waals surface area contributed by atoms with Crippen molar-refractivity contribution >= 4 is 29.1 Å². The molecule has 154 valence electrons. The van der Waals surface area contributed by atoms with E-state index in [1.165, 1.54) is 5.69 Å². The molecule has 4 rings (SSSR count). The second-order valence-electron chi connectivity index (χ2n) is 7.57. The first-order chi connectivity index (χ1) is 14.1. The SMILES string of the molecule is Cc1cnc(Nc2ccc(N3CCOCC3)cc2)nc1N1CCC(C(=O)O)CC1. The molecule has 2 aromatic rings. The zero-order valence-electron chi connectivity index (χ0n) is 16.7. The minimum Gasteiger partial charge on any atom is -0.481 e. The Bertz CT molecular complexity index is 844. The van der Waals surface area contributed by atoms with Gasteiger partial charge in [0, 0.05) is 49.3 Å². The van der Waals surface area contributed by atoms with Crippen molar-refractivity contribution in [1.82, 2.24) is 9.97 Å². The van der Waals surface area contributed by atoms with Crippen LogP contribution >= 0.6 is 0 Å². The molecule has 29 heavy (non-hydrogen) atoms. The Morgan fingerprint density at radius 1 is 1.10 bits per heavy atom. The zero-order valence-corrected chi connectivity index (χ0v) is 16.7. The van der Waals surface area contributed by atoms with Crippen LogP contribution in [-0.2, 0) is 9.53 Å². The predicted molar refractivity (Wildman–Crippen MR) is 112 cm³/mol. The van der Waals surface area contributed by atoms with Gasteiger partial charge >= 0.3 is 5.97 Å². The van der Waals surface area contributed by atoms with E-state index < -0.39 is 5.97 Å². The summed E-state index contributed by atoms with van der Waals surface area (Å²) in [4.78, 5) is 24.8. The summed E-state index contributed by atoms with van der Waals surface area (Å²) in [5.74, 6) is 0.462. The minimum atomic E-state index is -0.702. The summed E-state index contributed by atoms with van der Waals surface area (Å²) in [7, 11) is 0. The average molecular weight is 397 g/mol. The fraction of sp³-hybridized carbons (Fsp3) is 0.476. The molecule has 0 amide bonds. The first kappa shape index (κ1) is 19.4. The number of anilines is 4. The topological polar surface area (TPSA) is 90.8 Å². The highest BCUT2D eigenvalue weighted by Crippen LogP contribution is 2.26. The second-order valence-corrected chi connectivity index (χ2v) is 7.57. The van der Waals surface area contributed by atoms with Gasteiger partial charge in [0.05, 0.1) is 19.1 Å². The van der Waals surface area contributed by atoms with E-state index in [2.05, 4.69) is 32.2 Å². The lowest BCUT2D eigenvalue weighted by molar-refractivity contribution is -0.142. The Labute approximate surface area is 170 Å². The number of carboxylic acids is 1. The highest BCUT2D eigenvalue weighted by atomic mass is 16.5. The van der Waals surface area contributed by atoms with Gasteiger partial charge in [-0.15, -0.1) is 0 Å². The average Bonchev–Trinajstić information content (AvgIpc) is 2.76. The van der Waals surface area contributed by atoms with Crippen LogP contribution in [0.4, 0.5) is 23.1 Å². The third-order valence-electron chi connectivity index (χ3n) is 5.59. The highest BCUT2D eigenvalue weighted by molar-refractivity contribution is 5.70. The molecule has 0 aliphatic carbocycles. The van der Waals surface area contributed by atoms with E-state index >= 15 is 0 Å². The molecule has 0 saturated carbocycles. The zero-order chi connectivity index (χ0) is 20.2. The van der Waals surface area contributed by atoms with E-state index in [-0.39, 0.29) is 5.92 Å². The molecule has 2 aliphatic heterocycles. The van der Waals surface area contributed by atoms with Crippen molar-refractivity contribution in [3.8, 4) is 0 Å². The molecule has 2 aliphatic rings. The van der Waals surface area contributed by atoms with Crippen molar-refractivity contribution in [2.24, 2.45) is 5.92 Å². The van der Waals surface area contributed by atoms with Crippen molar-refractivity contribution < 1.29 is 14.6 Å². The lowest BCUT2D eigenvalue weighted by Crippen LogP contribution is -2.37. The van der Waals surface area contributed by atoms with Gasteiger partial charge in [-0.05, 0) is 44.0 Å². The van der Waals surface area contributed by atoms with Crippen LogP contribution in [0.5, 0.6) is 0 Å². The number of aryl methyl sites for hydroxylation is 1. The number of morpholine rings is 1. The Kier molecular flexibility index (Phi) is 5.80. The summed E-state index contributed by atoms with van der Waals surface area (Å²) in [6.45, 7) is 6.74. The number of hydrogen-bond donors (Lipinski definition) is 2. The summed E-state index contributed by atoms with van der Waals surface area (Å²) in [6, 6.07) is 8.26. The number of aromatic nitrogens is 2. The van der Waals surface area contributed by atoms with E-state index in [1.807, 2.05) is 25.3 Å². The molecule has 1 aromatic heterocycles. The van der Waals surface area contributed by atoms with Gasteiger partial charge in [-0.25, -0.2) is 4.98 Å². The van der Waals surface area contributed by atoms with E-state index in [9.17, 15) is 9.90 Å². The molecule has 2 N–H and O–H groups in total. The van der Waals surface area contributed by atoms with Crippen LogP contribution in [0.2, 0.25) is 0 Å². The summed E-state index contributed by atoms with van der Waals surface area (Å²) in [5, 5.41) is 12.5. The van der Waals surface area contributed by atoms with Crippen LogP contribution in [0.3, 0.4) is 0 Å². The summed E-state index contributed by atoms with van der Waals surface area (Å²) >= 11 is 0. The number of piperidine rings is 1. The highest BCUT2D eigenvalue weighted by Gasteiger charge is 2.26. The molecular formula is C21H27N5O3. The van der Waals surface area contributed by atoms with E-state index in [1.54, 1.807) is 0 Å². The molecular weight excluding hydrogens is 370 g/mol. The van der Waals surface area contributed by atoms with Crippen LogP contribution in [0, 0.1) is 12.8 Å². The molecule has 2 fully saturated rings. The smallest absolute Gasteiger partial charge is 0.306 e. The number of aliphatic carboxylic acids is 1. The molecule has 8 heteroatoms. The van der Waals surface area contributed by atoms with Crippen molar-refractivity contribution in [3.05, 3.63) is 36.0 Å². The number of carbonyl (C=O) groups is 1. The molecule has 2 saturated heterocycles. The normalized spacial score (nSPS) is 18.0. The first-order valence-electron chi connectivity index (χ1n) is 10.1. The van der Waals surface area contributed by atoms with E-state index in [0.29, 0.717) is 31.9 Å². The summed E-state index contributed by atoms with van der Waals surface area (Å²) < 4.78 is 5.41. The molecule has 1 aromatic carbocycles. The number of hydrogen-bond acceptors (Lipinski definition) is 7. The second kappa shape index (κ2) is 8.65.